The van der Waals surface area contributed by atoms with E-state index in [9.17, 15) is 9.59 Å². The minimum absolute atomic E-state index is 0.314. The summed E-state index contributed by atoms with van der Waals surface area (Å²) in [4.78, 5) is 20.7. The summed E-state index contributed by atoms with van der Waals surface area (Å²) >= 11 is 0. The summed E-state index contributed by atoms with van der Waals surface area (Å²) < 4.78 is 0. The second-order valence-corrected chi connectivity index (χ2v) is 2.29. The third kappa shape index (κ3) is 4.51. The number of carbonyl (C=O) groups excluding carboxylic acids is 1. The van der Waals surface area contributed by atoms with Crippen LogP contribution in [0.3, 0.4) is 0 Å². The number of carboxylic acid groups (broad SMARTS) is 1. The molecule has 0 heterocycles. The van der Waals surface area contributed by atoms with Gasteiger partial charge in [0.1, 0.15) is 6.04 Å². The van der Waals surface area contributed by atoms with Crippen molar-refractivity contribution < 1.29 is 14.7 Å². The Morgan fingerprint density at radius 3 is 2.50 bits per heavy atom. The van der Waals surface area contributed by atoms with Crippen LogP contribution in [0.15, 0.2) is 0 Å². The lowest BCUT2D eigenvalue weighted by molar-refractivity contribution is -0.139. The second-order valence-electron chi connectivity index (χ2n) is 2.29. The molecule has 0 bridgehead atoms. The predicted octanol–water partition coefficient (Wildman–Crippen LogP) is -1.28. The fraction of sp³-hybridized carbons (Fsp3) is 0.667. The van der Waals surface area contributed by atoms with Crippen LogP contribution in [-0.4, -0.2) is 36.7 Å². The van der Waals surface area contributed by atoms with Crippen LogP contribution in [-0.2, 0) is 4.79 Å². The van der Waals surface area contributed by atoms with E-state index in [0.29, 0.717) is 13.0 Å². The summed E-state index contributed by atoms with van der Waals surface area (Å²) in [5, 5.41) is 13.4. The summed E-state index contributed by atoms with van der Waals surface area (Å²) in [6.07, 6.45) is 0.314. The third-order valence-corrected chi connectivity index (χ3v) is 1.30. The lowest BCUT2D eigenvalue weighted by atomic mass is 10.2. The Morgan fingerprint density at radius 1 is 1.58 bits per heavy atom. The molecule has 5 N–H and O–H groups in total. The van der Waals surface area contributed by atoms with Crippen LogP contribution in [0.4, 0.5) is 4.79 Å². The molecule has 2 amide bonds. The number of hydrogen-bond donors (Lipinski definition) is 4. The van der Waals surface area contributed by atoms with E-state index >= 15 is 0 Å². The average Bonchev–Trinajstić information content (AvgIpc) is 1.96. The maximum absolute atomic E-state index is 10.4. The van der Waals surface area contributed by atoms with Crippen LogP contribution in [0.25, 0.3) is 0 Å². The Hall–Kier alpha value is -1.30. The number of nitrogens with two attached hydrogens (primary N) is 1. The molecule has 6 heteroatoms. The number of nitrogens with one attached hydrogen (secondary N) is 2. The van der Waals surface area contributed by atoms with Crippen molar-refractivity contribution in [1.82, 2.24) is 10.6 Å². The van der Waals surface area contributed by atoms with Crippen molar-refractivity contribution in [2.45, 2.75) is 12.5 Å². The van der Waals surface area contributed by atoms with Crippen LogP contribution < -0.4 is 16.4 Å². The van der Waals surface area contributed by atoms with Crippen molar-refractivity contribution in [1.29, 1.82) is 0 Å². The predicted molar refractivity (Wildman–Crippen MR) is 42.7 cm³/mol. The summed E-state index contributed by atoms with van der Waals surface area (Å²) in [6, 6.07) is -1.73. The highest BCUT2D eigenvalue weighted by molar-refractivity contribution is 5.81. The zero-order chi connectivity index (χ0) is 9.56. The first-order valence-corrected chi connectivity index (χ1v) is 3.51. The van der Waals surface area contributed by atoms with Gasteiger partial charge in [-0.25, -0.2) is 9.59 Å². The molecular formula is C6H13N3O3. The van der Waals surface area contributed by atoms with Crippen LogP contribution in [0.5, 0.6) is 0 Å². The fourth-order valence-corrected chi connectivity index (χ4v) is 0.718. The number of carbonyl (C=O) groups is 2. The van der Waals surface area contributed by atoms with Crippen molar-refractivity contribution in [3.63, 3.8) is 0 Å². The first-order valence-electron chi connectivity index (χ1n) is 3.51. The Balaban J connectivity index is 3.87. The smallest absolute Gasteiger partial charge is 0.326 e. The molecule has 0 saturated carbocycles. The molecule has 1 unspecified atom stereocenters. The normalized spacial score (nSPS) is 12.1. The summed E-state index contributed by atoms with van der Waals surface area (Å²) in [6.45, 7) is 0.511. The largest absolute Gasteiger partial charge is 0.480 e. The van der Waals surface area contributed by atoms with Crippen molar-refractivity contribution in [2.75, 3.05) is 13.6 Å². The minimum Gasteiger partial charge on any atom is -0.480 e. The van der Waals surface area contributed by atoms with Gasteiger partial charge in [0.15, 0.2) is 0 Å². The number of rotatable bonds is 5. The first kappa shape index (κ1) is 10.7. The number of urea groups is 1. The van der Waals surface area contributed by atoms with Crippen molar-refractivity contribution >= 4 is 12.0 Å². The molecule has 0 fully saturated rings. The van der Waals surface area contributed by atoms with E-state index in [0.717, 1.165) is 0 Å². The number of carboxylic acids is 1. The van der Waals surface area contributed by atoms with Gasteiger partial charge in [-0.05, 0) is 20.0 Å². The van der Waals surface area contributed by atoms with Gasteiger partial charge in [0.05, 0.1) is 0 Å². The topological polar surface area (TPSA) is 104 Å². The fourth-order valence-electron chi connectivity index (χ4n) is 0.718. The van der Waals surface area contributed by atoms with E-state index in [1.54, 1.807) is 7.05 Å². The molecular weight excluding hydrogens is 162 g/mol. The quantitative estimate of drug-likeness (QED) is 0.417. The maximum atomic E-state index is 10.4. The Kier molecular flexibility index (Phi) is 4.78. The van der Waals surface area contributed by atoms with Crippen LogP contribution in [0, 0.1) is 0 Å². The van der Waals surface area contributed by atoms with E-state index < -0.39 is 18.0 Å². The molecule has 0 spiro atoms. The molecule has 0 radical (unpaired) electrons. The summed E-state index contributed by atoms with van der Waals surface area (Å²) in [7, 11) is 1.70. The van der Waals surface area contributed by atoms with E-state index in [4.69, 9.17) is 10.8 Å². The Labute approximate surface area is 70.1 Å². The van der Waals surface area contributed by atoms with Crippen molar-refractivity contribution in [2.24, 2.45) is 5.73 Å². The number of aliphatic carboxylic acids is 1. The summed E-state index contributed by atoms with van der Waals surface area (Å²) in [5.74, 6) is -1.08. The Morgan fingerprint density at radius 2 is 2.17 bits per heavy atom. The molecule has 0 saturated heterocycles. The number of hydrogen-bond acceptors (Lipinski definition) is 3. The van der Waals surface area contributed by atoms with Crippen molar-refractivity contribution in [3.05, 3.63) is 0 Å². The molecule has 0 aromatic rings. The van der Waals surface area contributed by atoms with Crippen molar-refractivity contribution in [3.8, 4) is 0 Å². The van der Waals surface area contributed by atoms with Gasteiger partial charge < -0.3 is 21.5 Å². The van der Waals surface area contributed by atoms with Gasteiger partial charge in [-0.2, -0.15) is 0 Å². The number of primary amides is 1. The molecule has 0 aliphatic rings. The van der Waals surface area contributed by atoms with Gasteiger partial charge in [0.2, 0.25) is 0 Å². The molecule has 0 rings (SSSR count). The highest BCUT2D eigenvalue weighted by Crippen LogP contribution is 1.89. The lowest BCUT2D eigenvalue weighted by Gasteiger charge is -2.11. The van der Waals surface area contributed by atoms with E-state index in [1.165, 1.54) is 0 Å². The van der Waals surface area contributed by atoms with E-state index in [2.05, 4.69) is 10.6 Å². The van der Waals surface area contributed by atoms with Gasteiger partial charge >= 0.3 is 12.0 Å². The van der Waals surface area contributed by atoms with E-state index in [1.807, 2.05) is 0 Å². The third-order valence-electron chi connectivity index (χ3n) is 1.30. The van der Waals surface area contributed by atoms with Gasteiger partial charge in [-0.1, -0.05) is 0 Å². The van der Waals surface area contributed by atoms with Gasteiger partial charge in [0.25, 0.3) is 0 Å². The molecule has 0 aromatic heterocycles. The summed E-state index contributed by atoms with van der Waals surface area (Å²) in [5.41, 5.74) is 4.77. The molecule has 70 valence electrons. The molecule has 0 aliphatic heterocycles. The SMILES string of the molecule is CNCCC(NC(N)=O)C(=O)O. The molecule has 0 aliphatic carbocycles. The van der Waals surface area contributed by atoms with Gasteiger partial charge in [-0.3, -0.25) is 0 Å². The molecule has 12 heavy (non-hydrogen) atoms. The first-order chi connectivity index (χ1) is 5.57. The molecule has 6 nitrogen and oxygen atoms in total. The maximum Gasteiger partial charge on any atom is 0.326 e. The average molecular weight is 175 g/mol. The van der Waals surface area contributed by atoms with Gasteiger partial charge in [-0.15, -0.1) is 0 Å². The molecule has 0 aromatic carbocycles. The van der Waals surface area contributed by atoms with Crippen LogP contribution in [0.2, 0.25) is 0 Å². The highest BCUT2D eigenvalue weighted by atomic mass is 16.4. The van der Waals surface area contributed by atoms with Crippen LogP contribution >= 0.6 is 0 Å². The lowest BCUT2D eigenvalue weighted by Crippen LogP contribution is -2.44. The van der Waals surface area contributed by atoms with E-state index in [-0.39, 0.29) is 0 Å². The standard InChI is InChI=1S/C6H13N3O3/c1-8-3-2-4(5(10)11)9-6(7)12/h4,8H,2-3H2,1H3,(H,10,11)(H3,7,9,12). The Bertz CT molecular complexity index is 171. The van der Waals surface area contributed by atoms with Gasteiger partial charge in [0, 0.05) is 0 Å². The zero-order valence-electron chi connectivity index (χ0n) is 6.83. The number of amides is 2. The second kappa shape index (κ2) is 5.36. The minimum atomic E-state index is -1.08. The zero-order valence-corrected chi connectivity index (χ0v) is 6.83. The monoisotopic (exact) mass is 175 g/mol. The van der Waals surface area contributed by atoms with Crippen LogP contribution in [0.1, 0.15) is 6.42 Å². The molecule has 1 atom stereocenters. The highest BCUT2D eigenvalue weighted by Gasteiger charge is 2.17.